The fourth-order valence-corrected chi connectivity index (χ4v) is 4.35. The minimum atomic E-state index is -0.537. The number of carbonyl (C=O) groups excluding carboxylic acids is 1. The van der Waals surface area contributed by atoms with Crippen LogP contribution in [0.15, 0.2) is 39.7 Å². The van der Waals surface area contributed by atoms with Crippen LogP contribution >= 0.6 is 0 Å². The second kappa shape index (κ2) is 4.80. The summed E-state index contributed by atoms with van der Waals surface area (Å²) in [6.07, 6.45) is 1.18. The van der Waals surface area contributed by atoms with E-state index in [1.807, 2.05) is 44.2 Å². The lowest BCUT2D eigenvalue weighted by Crippen LogP contribution is -3.61. The topological polar surface area (TPSA) is 37.3 Å². The number of benzene rings is 1. The Hall–Kier alpha value is -0.840. The largest absolute Gasteiger partial charge is 0.507 e. The van der Waals surface area contributed by atoms with E-state index in [1.54, 1.807) is 0 Å². The van der Waals surface area contributed by atoms with Gasteiger partial charge in [0.1, 0.15) is 0 Å². The summed E-state index contributed by atoms with van der Waals surface area (Å²) in [7, 11) is 0. The summed E-state index contributed by atoms with van der Waals surface area (Å²) in [5.74, 6) is 0.457. The SMILES string of the molecule is CC1(C)CC(=O)C([I+]c2ccccc2)=C(O)C1. The van der Waals surface area contributed by atoms with E-state index in [1.165, 1.54) is 3.57 Å². The highest BCUT2D eigenvalue weighted by molar-refractivity contribution is 5.94. The zero-order chi connectivity index (χ0) is 12.5. The highest BCUT2D eigenvalue weighted by Gasteiger charge is 2.40. The molecule has 0 amide bonds. The van der Waals surface area contributed by atoms with Gasteiger partial charge in [0, 0.05) is 12.8 Å². The van der Waals surface area contributed by atoms with Crippen LogP contribution in [0.4, 0.5) is 0 Å². The first kappa shape index (κ1) is 12.6. The van der Waals surface area contributed by atoms with Gasteiger partial charge in [-0.25, -0.2) is 0 Å². The van der Waals surface area contributed by atoms with E-state index in [2.05, 4.69) is 0 Å². The molecular formula is C14H16IO2+. The summed E-state index contributed by atoms with van der Waals surface area (Å²) in [6.45, 7) is 4.05. The third-order valence-electron chi connectivity index (χ3n) is 2.72. The molecule has 0 aliphatic heterocycles. The molecule has 1 aliphatic rings. The van der Waals surface area contributed by atoms with Gasteiger partial charge in [-0.1, -0.05) is 32.0 Å². The van der Waals surface area contributed by atoms with E-state index in [4.69, 9.17) is 0 Å². The van der Waals surface area contributed by atoms with Gasteiger partial charge in [0.15, 0.2) is 9.33 Å². The molecule has 1 aromatic carbocycles. The van der Waals surface area contributed by atoms with Gasteiger partial charge in [-0.3, -0.25) is 4.79 Å². The zero-order valence-electron chi connectivity index (χ0n) is 10.0. The Labute approximate surface area is 112 Å². The van der Waals surface area contributed by atoms with E-state index < -0.39 is 21.2 Å². The molecule has 1 aromatic rings. The van der Waals surface area contributed by atoms with Crippen LogP contribution in [0.1, 0.15) is 26.7 Å². The molecular weight excluding hydrogens is 327 g/mol. The van der Waals surface area contributed by atoms with Crippen LogP contribution in [0.25, 0.3) is 0 Å². The number of hydrogen-bond donors (Lipinski definition) is 1. The van der Waals surface area contributed by atoms with Crippen molar-refractivity contribution in [3.8, 4) is 0 Å². The van der Waals surface area contributed by atoms with Crippen molar-refractivity contribution in [3.63, 3.8) is 0 Å². The number of aliphatic hydroxyl groups excluding tert-OH is 1. The van der Waals surface area contributed by atoms with Crippen LogP contribution in [-0.4, -0.2) is 10.9 Å². The van der Waals surface area contributed by atoms with Crippen molar-refractivity contribution in [3.05, 3.63) is 43.2 Å². The Bertz CT molecular complexity index is 460. The summed E-state index contributed by atoms with van der Waals surface area (Å²) < 4.78 is 1.88. The molecule has 90 valence electrons. The Morgan fingerprint density at radius 3 is 2.41 bits per heavy atom. The molecule has 17 heavy (non-hydrogen) atoms. The monoisotopic (exact) mass is 343 g/mol. The molecule has 0 unspecified atom stereocenters. The number of carbonyl (C=O) groups is 1. The van der Waals surface area contributed by atoms with E-state index in [0.717, 1.165) is 0 Å². The number of ketones is 1. The average Bonchev–Trinajstić information content (AvgIpc) is 2.24. The Morgan fingerprint density at radius 1 is 1.18 bits per heavy atom. The maximum absolute atomic E-state index is 12.0. The smallest absolute Gasteiger partial charge is 0.365 e. The molecule has 2 rings (SSSR count). The Kier molecular flexibility index (Phi) is 3.56. The molecule has 0 heterocycles. The van der Waals surface area contributed by atoms with Crippen LogP contribution < -0.4 is 21.2 Å². The summed E-state index contributed by atoms with van der Waals surface area (Å²) in [4.78, 5) is 12.0. The van der Waals surface area contributed by atoms with Crippen LogP contribution in [0.2, 0.25) is 0 Å². The maximum Gasteiger partial charge on any atom is 0.365 e. The second-order valence-electron chi connectivity index (χ2n) is 5.09. The van der Waals surface area contributed by atoms with Gasteiger partial charge in [-0.15, -0.1) is 0 Å². The molecule has 1 N–H and O–H groups in total. The predicted octanol–water partition coefficient (Wildman–Crippen LogP) is 0.104. The number of aliphatic hydroxyl groups is 1. The molecule has 0 bridgehead atoms. The lowest BCUT2D eigenvalue weighted by Gasteiger charge is -2.25. The van der Waals surface area contributed by atoms with Crippen molar-refractivity contribution in [2.75, 3.05) is 0 Å². The first-order chi connectivity index (χ1) is 7.98. The van der Waals surface area contributed by atoms with Gasteiger partial charge >= 0.3 is 21.2 Å². The quantitative estimate of drug-likeness (QED) is 0.774. The summed E-state index contributed by atoms with van der Waals surface area (Å²) in [5.41, 5.74) is -0.0922. The molecule has 0 spiro atoms. The maximum atomic E-state index is 12.0. The fraction of sp³-hybridized carbons (Fsp3) is 0.357. The lowest BCUT2D eigenvalue weighted by atomic mass is 9.79. The van der Waals surface area contributed by atoms with Crippen LogP contribution in [0.3, 0.4) is 0 Å². The van der Waals surface area contributed by atoms with Gasteiger partial charge in [0.2, 0.25) is 5.78 Å². The van der Waals surface area contributed by atoms with Gasteiger partial charge in [0.05, 0.1) is 0 Å². The van der Waals surface area contributed by atoms with E-state index in [0.29, 0.717) is 22.2 Å². The van der Waals surface area contributed by atoms with Crippen molar-refractivity contribution in [2.45, 2.75) is 26.7 Å². The number of rotatable bonds is 2. The van der Waals surface area contributed by atoms with Crippen molar-refractivity contribution in [2.24, 2.45) is 5.41 Å². The van der Waals surface area contributed by atoms with Crippen molar-refractivity contribution >= 4 is 5.78 Å². The molecule has 0 saturated heterocycles. The number of allylic oxidation sites excluding steroid dienone is 2. The van der Waals surface area contributed by atoms with E-state index in [9.17, 15) is 9.90 Å². The molecule has 0 atom stereocenters. The standard InChI is InChI=1S/C14H15IO2/c1-14(2)8-11(16)13(12(17)9-14)15-10-6-4-3-5-7-10/h3-7H,8-9H2,1-2H3/p+1. The molecule has 0 radical (unpaired) electrons. The summed E-state index contributed by atoms with van der Waals surface area (Å²) in [6, 6.07) is 9.97. The van der Waals surface area contributed by atoms with Crippen molar-refractivity contribution < 1.29 is 31.1 Å². The molecule has 3 heteroatoms. The van der Waals surface area contributed by atoms with Crippen molar-refractivity contribution in [1.29, 1.82) is 0 Å². The van der Waals surface area contributed by atoms with E-state index >= 15 is 0 Å². The molecule has 0 aromatic heterocycles. The first-order valence-electron chi connectivity index (χ1n) is 5.63. The number of Topliss-reactive ketones (excluding diaryl/α,β-unsaturated/α-hetero) is 1. The van der Waals surface area contributed by atoms with Crippen LogP contribution in [-0.2, 0) is 4.79 Å². The van der Waals surface area contributed by atoms with Gasteiger partial charge in [-0.2, -0.15) is 0 Å². The molecule has 1 aliphatic carbocycles. The van der Waals surface area contributed by atoms with Gasteiger partial charge in [-0.05, 0) is 17.5 Å². The Balaban J connectivity index is 2.24. The molecule has 0 saturated carbocycles. The van der Waals surface area contributed by atoms with Gasteiger partial charge < -0.3 is 5.11 Å². The lowest BCUT2D eigenvalue weighted by molar-refractivity contribution is -0.573. The summed E-state index contributed by atoms with van der Waals surface area (Å²) in [5, 5.41) is 10.0. The Morgan fingerprint density at radius 2 is 1.82 bits per heavy atom. The highest BCUT2D eigenvalue weighted by Crippen LogP contribution is 2.33. The third-order valence-corrected chi connectivity index (χ3v) is 5.83. The second-order valence-corrected chi connectivity index (χ2v) is 7.96. The minimum absolute atomic E-state index is 0.0922. The number of hydrogen-bond acceptors (Lipinski definition) is 2. The first-order valence-corrected chi connectivity index (χ1v) is 7.79. The highest BCUT2D eigenvalue weighted by atomic mass is 127. The minimum Gasteiger partial charge on any atom is -0.507 e. The third kappa shape index (κ3) is 3.09. The zero-order valence-corrected chi connectivity index (χ0v) is 12.2. The van der Waals surface area contributed by atoms with Crippen LogP contribution in [0.5, 0.6) is 0 Å². The van der Waals surface area contributed by atoms with Crippen LogP contribution in [0, 0.1) is 8.99 Å². The normalized spacial score (nSPS) is 19.5. The predicted molar refractivity (Wildman–Crippen MR) is 62.8 cm³/mol. The van der Waals surface area contributed by atoms with Gasteiger partial charge in [0.25, 0.3) is 3.58 Å². The molecule has 0 fully saturated rings. The number of halogens is 1. The van der Waals surface area contributed by atoms with E-state index in [-0.39, 0.29) is 11.2 Å². The average molecular weight is 343 g/mol. The molecule has 2 nitrogen and oxygen atoms in total. The fourth-order valence-electron chi connectivity index (χ4n) is 1.96. The summed E-state index contributed by atoms with van der Waals surface area (Å²) >= 11 is -0.537. The van der Waals surface area contributed by atoms with Crippen molar-refractivity contribution in [1.82, 2.24) is 0 Å².